The summed E-state index contributed by atoms with van der Waals surface area (Å²) in [4.78, 5) is 6.90. The van der Waals surface area contributed by atoms with Gasteiger partial charge in [-0.25, -0.2) is 0 Å². The first-order valence-corrected chi connectivity index (χ1v) is 7.29. The van der Waals surface area contributed by atoms with Crippen LogP contribution < -0.4 is 10.6 Å². The number of hydrogen-bond acceptors (Lipinski definition) is 3. The van der Waals surface area contributed by atoms with E-state index in [1.54, 1.807) is 0 Å². The summed E-state index contributed by atoms with van der Waals surface area (Å²) in [5.74, 6) is 0. The fourth-order valence-electron chi connectivity index (χ4n) is 2.93. The van der Waals surface area contributed by atoms with Crippen molar-refractivity contribution in [3.63, 3.8) is 0 Å². The number of anilines is 2. The van der Waals surface area contributed by atoms with Crippen molar-refractivity contribution in [3.05, 3.63) is 53.9 Å². The molecular weight excluding hydrogens is 246 g/mol. The minimum atomic E-state index is 0.0346. The zero-order valence-corrected chi connectivity index (χ0v) is 12.1. The molecule has 1 aromatic carbocycles. The van der Waals surface area contributed by atoms with Gasteiger partial charge in [0.2, 0.25) is 0 Å². The molecule has 0 radical (unpaired) electrons. The summed E-state index contributed by atoms with van der Waals surface area (Å²) in [6.07, 6.45) is 3.95. The summed E-state index contributed by atoms with van der Waals surface area (Å²) in [6, 6.07) is 13.3. The average Bonchev–Trinajstić information content (AvgIpc) is 2.82. The average molecular weight is 267 g/mol. The van der Waals surface area contributed by atoms with Crippen LogP contribution in [-0.4, -0.2) is 11.0 Å². The molecule has 0 fully saturated rings. The fourth-order valence-corrected chi connectivity index (χ4v) is 2.93. The molecular formula is C17H21N3. The maximum atomic E-state index is 6.03. The van der Waals surface area contributed by atoms with E-state index in [2.05, 4.69) is 60.1 Å². The molecule has 2 aromatic rings. The number of nitrogens with zero attached hydrogens (tertiary/aromatic N) is 2. The minimum Gasteiger partial charge on any atom is -0.337 e. The quantitative estimate of drug-likeness (QED) is 0.924. The minimum absolute atomic E-state index is 0.0346. The normalized spacial score (nSPS) is 18.9. The van der Waals surface area contributed by atoms with Crippen LogP contribution in [0.3, 0.4) is 0 Å². The molecule has 3 heteroatoms. The van der Waals surface area contributed by atoms with Crippen molar-refractivity contribution >= 4 is 11.4 Å². The first kappa shape index (κ1) is 13.1. The van der Waals surface area contributed by atoms with Crippen LogP contribution in [0.5, 0.6) is 0 Å². The lowest BCUT2D eigenvalue weighted by atomic mass is 10.1. The molecule has 20 heavy (non-hydrogen) atoms. The van der Waals surface area contributed by atoms with Gasteiger partial charge in [0.05, 0.1) is 17.6 Å². The van der Waals surface area contributed by atoms with Gasteiger partial charge in [0.15, 0.2) is 0 Å². The van der Waals surface area contributed by atoms with E-state index < -0.39 is 0 Å². The molecule has 0 saturated carbocycles. The van der Waals surface area contributed by atoms with Gasteiger partial charge in [-0.15, -0.1) is 0 Å². The van der Waals surface area contributed by atoms with Gasteiger partial charge in [0.1, 0.15) is 0 Å². The van der Waals surface area contributed by atoms with E-state index in [4.69, 9.17) is 5.73 Å². The Morgan fingerprint density at radius 3 is 2.80 bits per heavy atom. The zero-order chi connectivity index (χ0) is 14.1. The van der Waals surface area contributed by atoms with Gasteiger partial charge in [-0.05, 0) is 43.5 Å². The van der Waals surface area contributed by atoms with Crippen molar-refractivity contribution in [2.45, 2.75) is 38.8 Å². The summed E-state index contributed by atoms with van der Waals surface area (Å²) in [5.41, 5.74) is 10.9. The third kappa shape index (κ3) is 2.18. The van der Waals surface area contributed by atoms with Crippen LogP contribution in [0.1, 0.15) is 37.6 Å². The van der Waals surface area contributed by atoms with Crippen molar-refractivity contribution in [2.24, 2.45) is 5.73 Å². The highest BCUT2D eigenvalue weighted by Gasteiger charge is 2.26. The summed E-state index contributed by atoms with van der Waals surface area (Å²) in [6.45, 7) is 4.34. The Morgan fingerprint density at radius 1 is 1.30 bits per heavy atom. The van der Waals surface area contributed by atoms with Crippen LogP contribution in [0.4, 0.5) is 11.4 Å². The van der Waals surface area contributed by atoms with Gasteiger partial charge in [0, 0.05) is 17.8 Å². The van der Waals surface area contributed by atoms with Gasteiger partial charge < -0.3 is 10.6 Å². The molecule has 2 heterocycles. The van der Waals surface area contributed by atoms with Crippen LogP contribution in [0.25, 0.3) is 0 Å². The topological polar surface area (TPSA) is 42.1 Å². The number of hydrogen-bond donors (Lipinski definition) is 1. The lowest BCUT2D eigenvalue weighted by molar-refractivity contribution is 0.674. The van der Waals surface area contributed by atoms with Crippen LogP contribution in [0.15, 0.2) is 42.6 Å². The molecule has 0 amide bonds. The van der Waals surface area contributed by atoms with E-state index in [1.807, 2.05) is 6.20 Å². The lowest BCUT2D eigenvalue weighted by Crippen LogP contribution is -2.24. The van der Waals surface area contributed by atoms with Crippen molar-refractivity contribution in [1.82, 2.24) is 4.98 Å². The number of aromatic nitrogens is 1. The van der Waals surface area contributed by atoms with Crippen molar-refractivity contribution < 1.29 is 0 Å². The Bertz CT molecular complexity index is 591. The molecule has 1 aromatic heterocycles. The Labute approximate surface area is 120 Å². The summed E-state index contributed by atoms with van der Waals surface area (Å²) < 4.78 is 0. The van der Waals surface area contributed by atoms with Crippen molar-refractivity contribution in [2.75, 3.05) is 4.90 Å². The summed E-state index contributed by atoms with van der Waals surface area (Å²) >= 11 is 0. The maximum absolute atomic E-state index is 6.03. The van der Waals surface area contributed by atoms with Crippen molar-refractivity contribution in [1.29, 1.82) is 0 Å². The fraction of sp³-hybridized carbons (Fsp3) is 0.353. The Balaban J connectivity index is 1.93. The highest BCUT2D eigenvalue weighted by Crippen LogP contribution is 2.37. The van der Waals surface area contributed by atoms with E-state index in [0.717, 1.165) is 24.2 Å². The van der Waals surface area contributed by atoms with Crippen LogP contribution >= 0.6 is 0 Å². The summed E-state index contributed by atoms with van der Waals surface area (Å²) in [7, 11) is 0. The second kappa shape index (κ2) is 5.25. The molecule has 0 spiro atoms. The third-order valence-electron chi connectivity index (χ3n) is 4.08. The van der Waals surface area contributed by atoms with E-state index in [1.165, 1.54) is 11.3 Å². The largest absolute Gasteiger partial charge is 0.337 e. The zero-order valence-electron chi connectivity index (χ0n) is 12.1. The van der Waals surface area contributed by atoms with Crippen LogP contribution in [0, 0.1) is 0 Å². The Hall–Kier alpha value is -1.87. The molecule has 2 N–H and O–H groups in total. The summed E-state index contributed by atoms with van der Waals surface area (Å²) in [5, 5.41) is 0. The van der Waals surface area contributed by atoms with Crippen molar-refractivity contribution in [3.8, 4) is 0 Å². The standard InChI is InChI=1S/C17H21N3/c1-3-15(18)16-9-8-14(11-19-16)20-12(2)10-13-6-4-5-7-17(13)20/h4-9,11-12,15H,3,10,18H2,1-2H3. The molecule has 0 bridgehead atoms. The van der Waals surface area contributed by atoms with Crippen LogP contribution in [-0.2, 0) is 6.42 Å². The Morgan fingerprint density at radius 2 is 2.10 bits per heavy atom. The van der Waals surface area contributed by atoms with Gasteiger partial charge in [-0.2, -0.15) is 0 Å². The van der Waals surface area contributed by atoms with E-state index in [-0.39, 0.29) is 6.04 Å². The van der Waals surface area contributed by atoms with Gasteiger partial charge in [-0.3, -0.25) is 4.98 Å². The molecule has 104 valence electrons. The molecule has 2 atom stereocenters. The monoisotopic (exact) mass is 267 g/mol. The lowest BCUT2D eigenvalue weighted by Gasteiger charge is -2.25. The molecule has 0 aliphatic carbocycles. The van der Waals surface area contributed by atoms with Gasteiger partial charge in [-0.1, -0.05) is 25.1 Å². The second-order valence-electron chi connectivity index (χ2n) is 5.51. The number of para-hydroxylation sites is 1. The number of rotatable bonds is 3. The van der Waals surface area contributed by atoms with Gasteiger partial charge >= 0.3 is 0 Å². The predicted molar refractivity (Wildman–Crippen MR) is 83.2 cm³/mol. The predicted octanol–water partition coefficient (Wildman–Crippen LogP) is 3.57. The van der Waals surface area contributed by atoms with Gasteiger partial charge in [0.25, 0.3) is 0 Å². The molecule has 1 aliphatic heterocycles. The maximum Gasteiger partial charge on any atom is 0.0600 e. The molecule has 2 unspecified atom stereocenters. The first-order valence-electron chi connectivity index (χ1n) is 7.29. The molecule has 3 nitrogen and oxygen atoms in total. The van der Waals surface area contributed by atoms with Crippen LogP contribution in [0.2, 0.25) is 0 Å². The third-order valence-corrected chi connectivity index (χ3v) is 4.08. The number of fused-ring (bicyclic) bond motifs is 1. The number of pyridine rings is 1. The number of nitrogens with two attached hydrogens (primary N) is 1. The first-order chi connectivity index (χ1) is 9.70. The number of benzene rings is 1. The van der Waals surface area contributed by atoms with E-state index in [0.29, 0.717) is 6.04 Å². The highest BCUT2D eigenvalue weighted by atomic mass is 15.2. The SMILES string of the molecule is CCC(N)c1ccc(N2c3ccccc3CC2C)cn1. The molecule has 1 aliphatic rings. The van der Waals surface area contributed by atoms with E-state index in [9.17, 15) is 0 Å². The van der Waals surface area contributed by atoms with E-state index >= 15 is 0 Å². The highest BCUT2D eigenvalue weighted by molar-refractivity contribution is 5.70. The second-order valence-corrected chi connectivity index (χ2v) is 5.51. The Kier molecular flexibility index (Phi) is 3.45. The smallest absolute Gasteiger partial charge is 0.0600 e. The molecule has 3 rings (SSSR count). The molecule has 0 saturated heterocycles.